The van der Waals surface area contributed by atoms with Crippen LogP contribution in [0.1, 0.15) is 32.6 Å². The maximum absolute atomic E-state index is 12.8. The summed E-state index contributed by atoms with van der Waals surface area (Å²) in [5, 5.41) is 0. The second-order valence-electron chi connectivity index (χ2n) is 6.90. The van der Waals surface area contributed by atoms with Gasteiger partial charge in [0, 0.05) is 31.3 Å². The summed E-state index contributed by atoms with van der Waals surface area (Å²) in [5.74, 6) is 0. The molecule has 0 bridgehead atoms. The van der Waals surface area contributed by atoms with E-state index in [1.807, 2.05) is 13.0 Å². The molecule has 2 fully saturated rings. The van der Waals surface area contributed by atoms with Crippen LogP contribution in [0.5, 0.6) is 0 Å². The minimum atomic E-state index is -3.36. The van der Waals surface area contributed by atoms with Crippen molar-refractivity contribution in [3.05, 3.63) is 30.3 Å². The number of nitrogens with zero attached hydrogens (tertiary/aromatic N) is 2. The molecule has 1 spiro atoms. The van der Waals surface area contributed by atoms with E-state index in [4.69, 9.17) is 4.74 Å². The van der Waals surface area contributed by atoms with Crippen molar-refractivity contribution in [1.29, 1.82) is 0 Å². The molecule has 5 nitrogen and oxygen atoms in total. The predicted octanol–water partition coefficient (Wildman–Crippen LogP) is 2.34. The van der Waals surface area contributed by atoms with E-state index in [0.717, 1.165) is 38.9 Å². The summed E-state index contributed by atoms with van der Waals surface area (Å²) in [4.78, 5) is 2.85. The lowest BCUT2D eigenvalue weighted by atomic mass is 9.86. The van der Waals surface area contributed by atoms with Gasteiger partial charge >= 0.3 is 0 Å². The monoisotopic (exact) mass is 352 g/mol. The highest BCUT2D eigenvalue weighted by Crippen LogP contribution is 2.41. The Morgan fingerprint density at radius 1 is 1.17 bits per heavy atom. The molecule has 1 atom stereocenters. The average Bonchev–Trinajstić information content (AvgIpc) is 2.90. The first-order valence-electron chi connectivity index (χ1n) is 8.85. The van der Waals surface area contributed by atoms with Crippen LogP contribution in [0.2, 0.25) is 0 Å². The second kappa shape index (κ2) is 7.12. The minimum absolute atomic E-state index is 0.143. The first-order valence-corrected chi connectivity index (χ1v) is 10.3. The summed E-state index contributed by atoms with van der Waals surface area (Å²) in [6.07, 6.45) is 4.08. The van der Waals surface area contributed by atoms with Crippen LogP contribution >= 0.6 is 0 Å². The SMILES string of the molecule is CCOC[C@@H]1CCC2(CCN(S(=O)(=O)c3ccccc3)CC2)N1C. The number of hydrogen-bond acceptors (Lipinski definition) is 4. The van der Waals surface area contributed by atoms with E-state index in [2.05, 4.69) is 11.9 Å². The molecular formula is C18H28N2O3S. The van der Waals surface area contributed by atoms with Crippen molar-refractivity contribution in [1.82, 2.24) is 9.21 Å². The van der Waals surface area contributed by atoms with Gasteiger partial charge in [-0.05, 0) is 51.8 Å². The fourth-order valence-electron chi connectivity index (χ4n) is 4.13. The summed E-state index contributed by atoms with van der Waals surface area (Å²) in [5.41, 5.74) is 0.143. The van der Waals surface area contributed by atoms with Gasteiger partial charge in [-0.25, -0.2) is 8.42 Å². The fourth-order valence-corrected chi connectivity index (χ4v) is 5.59. The third kappa shape index (κ3) is 3.25. The predicted molar refractivity (Wildman–Crippen MR) is 94.4 cm³/mol. The van der Waals surface area contributed by atoms with Crippen LogP contribution in [0.4, 0.5) is 0 Å². The molecule has 2 heterocycles. The Morgan fingerprint density at radius 3 is 2.46 bits per heavy atom. The molecule has 0 amide bonds. The zero-order chi connectivity index (χ0) is 17.2. The Balaban J connectivity index is 1.66. The van der Waals surface area contributed by atoms with Gasteiger partial charge in [-0.15, -0.1) is 0 Å². The molecule has 2 aliphatic heterocycles. The molecule has 1 aromatic carbocycles. The Morgan fingerprint density at radius 2 is 1.83 bits per heavy atom. The summed E-state index contributed by atoms with van der Waals surface area (Å²) >= 11 is 0. The molecule has 0 aromatic heterocycles. The number of rotatable bonds is 5. The van der Waals surface area contributed by atoms with Gasteiger partial charge in [-0.1, -0.05) is 18.2 Å². The normalized spacial score (nSPS) is 25.3. The zero-order valence-corrected chi connectivity index (χ0v) is 15.5. The molecule has 0 saturated carbocycles. The molecule has 2 aliphatic rings. The Kier molecular flexibility index (Phi) is 5.30. The number of likely N-dealkylation sites (tertiary alicyclic amines) is 1. The van der Waals surface area contributed by atoms with Crippen molar-refractivity contribution in [2.45, 2.75) is 49.1 Å². The van der Waals surface area contributed by atoms with Gasteiger partial charge in [-0.3, -0.25) is 4.90 Å². The third-order valence-corrected chi connectivity index (χ3v) is 7.70. The number of sulfonamides is 1. The van der Waals surface area contributed by atoms with Crippen LogP contribution in [-0.2, 0) is 14.8 Å². The lowest BCUT2D eigenvalue weighted by Crippen LogP contribution is -2.53. The van der Waals surface area contributed by atoms with Gasteiger partial charge in [0.1, 0.15) is 0 Å². The van der Waals surface area contributed by atoms with Crippen molar-refractivity contribution in [3.63, 3.8) is 0 Å². The van der Waals surface area contributed by atoms with Crippen LogP contribution in [0.15, 0.2) is 35.2 Å². The Hall–Kier alpha value is -0.950. The number of ether oxygens (including phenoxy) is 1. The summed E-state index contributed by atoms with van der Waals surface area (Å²) in [6.45, 7) is 4.75. The van der Waals surface area contributed by atoms with E-state index in [1.165, 1.54) is 0 Å². The molecule has 3 rings (SSSR count). The van der Waals surface area contributed by atoms with E-state index in [0.29, 0.717) is 24.0 Å². The van der Waals surface area contributed by atoms with Crippen LogP contribution in [-0.4, -0.2) is 62.6 Å². The molecule has 1 aromatic rings. The highest BCUT2D eigenvalue weighted by molar-refractivity contribution is 7.89. The molecule has 0 aliphatic carbocycles. The van der Waals surface area contributed by atoms with E-state index < -0.39 is 10.0 Å². The number of likely N-dealkylation sites (N-methyl/N-ethyl adjacent to an activating group) is 1. The van der Waals surface area contributed by atoms with Gasteiger partial charge in [0.05, 0.1) is 11.5 Å². The molecule has 6 heteroatoms. The van der Waals surface area contributed by atoms with Crippen molar-refractivity contribution in [2.24, 2.45) is 0 Å². The lowest BCUT2D eigenvalue weighted by molar-refractivity contribution is 0.0344. The highest BCUT2D eigenvalue weighted by Gasteiger charge is 2.47. The van der Waals surface area contributed by atoms with E-state index in [9.17, 15) is 8.42 Å². The molecule has 0 radical (unpaired) electrons. The largest absolute Gasteiger partial charge is 0.380 e. The zero-order valence-electron chi connectivity index (χ0n) is 14.6. The van der Waals surface area contributed by atoms with Crippen LogP contribution in [0.3, 0.4) is 0 Å². The van der Waals surface area contributed by atoms with E-state index in [-0.39, 0.29) is 5.54 Å². The second-order valence-corrected chi connectivity index (χ2v) is 8.84. The highest BCUT2D eigenvalue weighted by atomic mass is 32.2. The standard InChI is InChI=1S/C18H28N2O3S/c1-3-23-15-16-9-10-18(19(16)2)11-13-20(14-12-18)24(21,22)17-7-5-4-6-8-17/h4-8,16H,3,9-15H2,1-2H3/t16-/m0/s1. The van der Waals surface area contributed by atoms with Gasteiger partial charge in [0.25, 0.3) is 0 Å². The van der Waals surface area contributed by atoms with Crippen LogP contribution < -0.4 is 0 Å². The fraction of sp³-hybridized carbons (Fsp3) is 0.667. The minimum Gasteiger partial charge on any atom is -0.380 e. The first-order chi connectivity index (χ1) is 11.5. The summed E-state index contributed by atoms with van der Waals surface area (Å²) in [6, 6.07) is 9.22. The van der Waals surface area contributed by atoms with Crippen LogP contribution in [0.25, 0.3) is 0 Å². The smallest absolute Gasteiger partial charge is 0.243 e. The van der Waals surface area contributed by atoms with Crippen molar-refractivity contribution < 1.29 is 13.2 Å². The maximum Gasteiger partial charge on any atom is 0.243 e. The third-order valence-electron chi connectivity index (χ3n) is 5.79. The molecule has 134 valence electrons. The molecule has 0 N–H and O–H groups in total. The average molecular weight is 353 g/mol. The maximum atomic E-state index is 12.8. The number of piperidine rings is 1. The van der Waals surface area contributed by atoms with Crippen LogP contribution in [0, 0.1) is 0 Å². The molecule has 2 saturated heterocycles. The lowest BCUT2D eigenvalue weighted by Gasteiger charge is -2.44. The number of hydrogen-bond donors (Lipinski definition) is 0. The van der Waals surface area contributed by atoms with Crippen molar-refractivity contribution in [3.8, 4) is 0 Å². The summed E-state index contributed by atoms with van der Waals surface area (Å²) < 4.78 is 32.8. The Labute approximate surface area is 145 Å². The van der Waals surface area contributed by atoms with Gasteiger partial charge in [-0.2, -0.15) is 4.31 Å². The molecular weight excluding hydrogens is 324 g/mol. The topological polar surface area (TPSA) is 49.9 Å². The molecule has 0 unspecified atom stereocenters. The summed E-state index contributed by atoms with van der Waals surface area (Å²) in [7, 11) is -1.18. The van der Waals surface area contributed by atoms with Gasteiger partial charge in [0.15, 0.2) is 0 Å². The Bertz CT molecular complexity index is 639. The van der Waals surface area contributed by atoms with Crippen molar-refractivity contribution >= 4 is 10.0 Å². The van der Waals surface area contributed by atoms with E-state index >= 15 is 0 Å². The molecule has 24 heavy (non-hydrogen) atoms. The quantitative estimate of drug-likeness (QED) is 0.816. The van der Waals surface area contributed by atoms with Gasteiger partial charge in [0.2, 0.25) is 10.0 Å². The van der Waals surface area contributed by atoms with Crippen molar-refractivity contribution in [2.75, 3.05) is 33.4 Å². The van der Waals surface area contributed by atoms with Gasteiger partial charge < -0.3 is 4.74 Å². The number of benzene rings is 1. The van der Waals surface area contributed by atoms with E-state index in [1.54, 1.807) is 28.6 Å². The first kappa shape index (κ1) is 17.9.